The van der Waals surface area contributed by atoms with E-state index in [9.17, 15) is 14.4 Å². The first-order valence-corrected chi connectivity index (χ1v) is 6.18. The van der Waals surface area contributed by atoms with Gasteiger partial charge >= 0.3 is 5.97 Å². The van der Waals surface area contributed by atoms with E-state index < -0.39 is 23.6 Å². The number of ketones is 2. The van der Waals surface area contributed by atoms with E-state index in [1.54, 1.807) is 19.1 Å². The zero-order valence-electron chi connectivity index (χ0n) is 11.3. The molecule has 2 N–H and O–H groups in total. The van der Waals surface area contributed by atoms with E-state index in [-0.39, 0.29) is 18.4 Å². The van der Waals surface area contributed by atoms with Gasteiger partial charge in [0.1, 0.15) is 0 Å². The van der Waals surface area contributed by atoms with E-state index in [1.807, 2.05) is 0 Å². The number of benzene rings is 1. The molecule has 0 unspecified atom stereocenters. The number of hydrogen-bond donors (Lipinski definition) is 2. The third-order valence-electron chi connectivity index (χ3n) is 2.79. The van der Waals surface area contributed by atoms with Crippen molar-refractivity contribution in [1.82, 2.24) is 5.43 Å². The summed E-state index contributed by atoms with van der Waals surface area (Å²) >= 11 is 0. The highest BCUT2D eigenvalue weighted by molar-refractivity contribution is 6.43. The largest absolute Gasteiger partial charge is 0.478 e. The molecule has 110 valence electrons. The summed E-state index contributed by atoms with van der Waals surface area (Å²) in [7, 11) is 0. The fourth-order valence-corrected chi connectivity index (χ4v) is 1.63. The molecule has 0 aliphatic rings. The molecule has 0 fully saturated rings. The second kappa shape index (κ2) is 7.66. The van der Waals surface area contributed by atoms with Crippen LogP contribution in [0.1, 0.15) is 29.3 Å². The van der Waals surface area contributed by atoms with Crippen molar-refractivity contribution < 1.29 is 19.5 Å². The van der Waals surface area contributed by atoms with Crippen molar-refractivity contribution in [1.29, 1.82) is 0 Å². The van der Waals surface area contributed by atoms with Crippen LogP contribution in [-0.4, -0.2) is 28.7 Å². The lowest BCUT2D eigenvalue weighted by Crippen LogP contribution is -2.34. The number of carbonyl (C=O) groups is 3. The van der Waals surface area contributed by atoms with Crippen molar-refractivity contribution in [3.8, 4) is 0 Å². The lowest BCUT2D eigenvalue weighted by molar-refractivity contribution is -0.139. The van der Waals surface area contributed by atoms with Gasteiger partial charge in [0.05, 0.1) is 0 Å². The molecule has 1 aromatic carbocycles. The Hall–Kier alpha value is -2.86. The highest BCUT2D eigenvalue weighted by Gasteiger charge is 2.20. The molecule has 0 spiro atoms. The fraction of sp³-hybridized carbons (Fsp3) is 0.308. The molecule has 1 atom stereocenters. The van der Waals surface area contributed by atoms with Crippen molar-refractivity contribution in [3.05, 3.63) is 45.8 Å². The van der Waals surface area contributed by atoms with Crippen LogP contribution in [0.15, 0.2) is 29.5 Å². The zero-order chi connectivity index (χ0) is 15.8. The van der Waals surface area contributed by atoms with Crippen LogP contribution < -0.4 is 5.43 Å². The number of carboxylic acid groups (broad SMARTS) is 1. The van der Waals surface area contributed by atoms with Gasteiger partial charge in [0.2, 0.25) is 11.6 Å². The minimum absolute atomic E-state index is 0.0740. The molecule has 0 heterocycles. The quantitative estimate of drug-likeness (QED) is 0.187. The number of nitrogens with zero attached hydrogens (tertiary/aromatic N) is 3. The van der Waals surface area contributed by atoms with E-state index in [4.69, 9.17) is 10.6 Å². The van der Waals surface area contributed by atoms with Crippen LogP contribution in [0.4, 0.5) is 0 Å². The molecular formula is C13H14N4O4. The van der Waals surface area contributed by atoms with Gasteiger partial charge in [-0.1, -0.05) is 31.2 Å². The molecule has 0 bridgehead atoms. The van der Waals surface area contributed by atoms with Crippen molar-refractivity contribution in [2.45, 2.75) is 25.8 Å². The summed E-state index contributed by atoms with van der Waals surface area (Å²) in [6.45, 7) is 1.60. The fourth-order valence-electron chi connectivity index (χ4n) is 1.63. The number of carboxylic acids is 1. The number of Topliss-reactive ketones (excluding diaryl/α,β-unsaturated/α-hetero) is 2. The van der Waals surface area contributed by atoms with Crippen LogP contribution in [-0.2, 0) is 16.0 Å². The van der Waals surface area contributed by atoms with Gasteiger partial charge in [0.25, 0.3) is 0 Å². The molecule has 1 aromatic rings. The van der Waals surface area contributed by atoms with Gasteiger partial charge in [-0.05, 0) is 10.8 Å². The number of nitrogens with one attached hydrogen (secondary N) is 1. The Labute approximate surface area is 120 Å². The minimum Gasteiger partial charge on any atom is -0.478 e. The average Bonchev–Trinajstić information content (AvgIpc) is 2.50. The third-order valence-corrected chi connectivity index (χ3v) is 2.79. The molecule has 8 nitrogen and oxygen atoms in total. The Morgan fingerprint density at radius 1 is 1.33 bits per heavy atom. The number of carbonyl (C=O) groups excluding carboxylic acids is 2. The van der Waals surface area contributed by atoms with Gasteiger partial charge < -0.3 is 5.11 Å². The van der Waals surface area contributed by atoms with E-state index >= 15 is 0 Å². The Bertz CT molecular complexity index is 591. The maximum Gasteiger partial charge on any atom is 0.349 e. The summed E-state index contributed by atoms with van der Waals surface area (Å²) in [4.78, 5) is 36.3. The predicted octanol–water partition coefficient (Wildman–Crippen LogP) is 1.66. The van der Waals surface area contributed by atoms with Crippen LogP contribution in [0.25, 0.3) is 10.4 Å². The normalized spacial score (nSPS) is 11.1. The number of aliphatic carboxylic acids is 1. The summed E-state index contributed by atoms with van der Waals surface area (Å²) in [5.74, 6) is -2.20. The van der Waals surface area contributed by atoms with E-state index in [0.29, 0.717) is 5.56 Å². The summed E-state index contributed by atoms with van der Waals surface area (Å²) in [6.07, 6.45) is 0.211. The van der Waals surface area contributed by atoms with Gasteiger partial charge in [-0.15, -0.1) is 5.53 Å². The SMILES string of the molecule is CCC(=O)C(=O)c1ccc(C[C@H](NN=[N+]=[N-])C(=O)O)cc1. The Morgan fingerprint density at radius 3 is 2.43 bits per heavy atom. The first kappa shape index (κ1) is 16.2. The van der Waals surface area contributed by atoms with Crippen molar-refractivity contribution in [2.75, 3.05) is 0 Å². The molecule has 0 saturated heterocycles. The summed E-state index contributed by atoms with van der Waals surface area (Å²) < 4.78 is 0. The molecule has 8 heteroatoms. The van der Waals surface area contributed by atoms with Crippen molar-refractivity contribution >= 4 is 17.5 Å². The minimum atomic E-state index is -1.16. The van der Waals surface area contributed by atoms with Gasteiger partial charge in [-0.3, -0.25) is 9.59 Å². The Kier molecular flexibility index (Phi) is 5.91. The van der Waals surface area contributed by atoms with Crippen LogP contribution in [0.3, 0.4) is 0 Å². The number of rotatable bonds is 8. The molecule has 0 aliphatic carbocycles. The van der Waals surface area contributed by atoms with Gasteiger partial charge in [0.15, 0.2) is 6.04 Å². The van der Waals surface area contributed by atoms with Crippen LogP contribution in [0.2, 0.25) is 0 Å². The molecule has 0 saturated carbocycles. The van der Waals surface area contributed by atoms with Crippen LogP contribution in [0, 0.1) is 0 Å². The number of hydrogen-bond acceptors (Lipinski definition) is 4. The van der Waals surface area contributed by atoms with Crippen LogP contribution >= 0.6 is 0 Å². The van der Waals surface area contributed by atoms with Crippen LogP contribution in [0.5, 0.6) is 0 Å². The van der Waals surface area contributed by atoms with Crippen molar-refractivity contribution in [2.24, 2.45) is 5.22 Å². The lowest BCUT2D eigenvalue weighted by Gasteiger charge is -2.08. The van der Waals surface area contributed by atoms with Crippen molar-refractivity contribution in [3.63, 3.8) is 0 Å². The Morgan fingerprint density at radius 2 is 1.95 bits per heavy atom. The molecule has 1 rings (SSSR count). The second-order valence-electron chi connectivity index (χ2n) is 4.22. The van der Waals surface area contributed by atoms with Gasteiger partial charge in [-0.25, -0.2) is 10.2 Å². The monoisotopic (exact) mass is 290 g/mol. The molecule has 0 aromatic heterocycles. The highest BCUT2D eigenvalue weighted by Crippen LogP contribution is 2.09. The van der Waals surface area contributed by atoms with Gasteiger partial charge in [-0.2, -0.15) is 4.91 Å². The highest BCUT2D eigenvalue weighted by atomic mass is 16.4. The maximum absolute atomic E-state index is 11.6. The average molecular weight is 290 g/mol. The molecule has 0 aliphatic heterocycles. The summed E-state index contributed by atoms with van der Waals surface area (Å²) in [5, 5.41) is 12.0. The molecule has 21 heavy (non-hydrogen) atoms. The lowest BCUT2D eigenvalue weighted by atomic mass is 10.0. The predicted molar refractivity (Wildman–Crippen MR) is 73.5 cm³/mol. The third kappa shape index (κ3) is 4.63. The summed E-state index contributed by atoms with van der Waals surface area (Å²) in [6, 6.07) is 4.99. The molecular weight excluding hydrogens is 276 g/mol. The first-order chi connectivity index (χ1) is 9.99. The molecule has 0 radical (unpaired) electrons. The smallest absolute Gasteiger partial charge is 0.349 e. The maximum atomic E-state index is 11.6. The summed E-state index contributed by atoms with van der Waals surface area (Å²) in [5.41, 5.74) is 11.2. The standard InChI is InChI=1S/C13H14N4O4/c1-2-11(18)12(19)9-5-3-8(4-6-9)7-10(13(20)21)15-17-16-14/h3-6,10,15H,2,7H2,1H3,(H,20,21)/t10-/m0/s1. The molecule has 0 amide bonds. The number of azide groups is 1. The Balaban J connectivity index is 2.82. The van der Waals surface area contributed by atoms with E-state index in [0.717, 1.165) is 0 Å². The van der Waals surface area contributed by atoms with E-state index in [2.05, 4.69) is 15.6 Å². The van der Waals surface area contributed by atoms with E-state index in [1.165, 1.54) is 12.1 Å². The zero-order valence-corrected chi connectivity index (χ0v) is 11.3. The first-order valence-electron chi connectivity index (χ1n) is 6.18. The van der Waals surface area contributed by atoms with Gasteiger partial charge in [0, 0.05) is 18.4 Å². The second-order valence-corrected chi connectivity index (χ2v) is 4.22. The topological polar surface area (TPSA) is 132 Å².